The minimum Gasteiger partial charge on any atom is -0.459 e. The van der Waals surface area contributed by atoms with E-state index >= 15 is 0 Å². The van der Waals surface area contributed by atoms with Crippen molar-refractivity contribution in [3.05, 3.63) is 11.1 Å². The molecule has 0 amide bonds. The number of carbonyl (C=O) groups is 4. The van der Waals surface area contributed by atoms with Crippen molar-refractivity contribution >= 4 is 23.7 Å². The van der Waals surface area contributed by atoms with Gasteiger partial charge in [0.2, 0.25) is 0 Å². The molecule has 3 rings (SSSR count). The first-order chi connectivity index (χ1) is 16.2. The zero-order valence-corrected chi connectivity index (χ0v) is 21.5. The predicted molar refractivity (Wildman–Crippen MR) is 124 cm³/mol. The first-order valence-corrected chi connectivity index (χ1v) is 12.5. The molecule has 0 aromatic carbocycles. The van der Waals surface area contributed by atoms with Crippen LogP contribution in [0, 0.1) is 11.8 Å². The van der Waals surface area contributed by atoms with E-state index in [1.807, 2.05) is 0 Å². The first-order valence-electron chi connectivity index (χ1n) is 12.5. The Morgan fingerprint density at radius 2 is 1.74 bits per heavy atom. The molecule has 1 saturated carbocycles. The summed E-state index contributed by atoms with van der Waals surface area (Å²) in [7, 11) is 0. The maximum Gasteiger partial charge on any atom is 0.341 e. The van der Waals surface area contributed by atoms with Crippen LogP contribution in [0.15, 0.2) is 11.1 Å². The minimum absolute atomic E-state index is 0.00777. The fraction of sp³-hybridized carbons (Fsp3) is 0.769. The van der Waals surface area contributed by atoms with Crippen molar-refractivity contribution in [2.45, 2.75) is 115 Å². The molecule has 35 heavy (non-hydrogen) atoms. The second kappa shape index (κ2) is 9.65. The van der Waals surface area contributed by atoms with Crippen LogP contribution in [0.25, 0.3) is 0 Å². The molecule has 7 atom stereocenters. The van der Waals surface area contributed by atoms with Gasteiger partial charge in [-0.2, -0.15) is 0 Å². The van der Waals surface area contributed by atoms with Crippen molar-refractivity contribution in [1.82, 2.24) is 0 Å². The van der Waals surface area contributed by atoms with Gasteiger partial charge in [-0.25, -0.2) is 4.79 Å². The fourth-order valence-corrected chi connectivity index (χ4v) is 6.20. The molecular weight excluding hydrogens is 456 g/mol. The standard InChI is InChI=1S/C26H38O9/c1-7-8-9-10-11-12-17(28)33-21-19-18(15(3)20(21)29)22-26(32,25(6,31)23(30)34-22)14(2)13-24(19,5)35-16(4)27/h14,19,21-22,31-32H,7-13H2,1-6H3/t14-,19-,21+,22+,24+,25-,26-/m1/s1. The third kappa shape index (κ3) is 4.42. The Bertz CT molecular complexity index is 935. The van der Waals surface area contributed by atoms with Crippen LogP contribution in [0.4, 0.5) is 0 Å². The third-order valence-corrected chi connectivity index (χ3v) is 8.02. The van der Waals surface area contributed by atoms with Gasteiger partial charge in [0, 0.05) is 13.3 Å². The second-order valence-electron chi connectivity index (χ2n) is 10.7. The summed E-state index contributed by atoms with van der Waals surface area (Å²) in [4.78, 5) is 50.8. The van der Waals surface area contributed by atoms with Crippen molar-refractivity contribution in [2.24, 2.45) is 11.8 Å². The predicted octanol–water partition coefficient (Wildman–Crippen LogP) is 2.54. The Kier molecular flexibility index (Phi) is 7.54. The van der Waals surface area contributed by atoms with Crippen LogP contribution in [0.3, 0.4) is 0 Å². The number of Topliss-reactive ketones (excluding diaryl/α,β-unsaturated/α-hetero) is 1. The van der Waals surface area contributed by atoms with Gasteiger partial charge in [0.1, 0.15) is 11.2 Å². The summed E-state index contributed by atoms with van der Waals surface area (Å²) in [6.45, 7) is 9.27. The summed E-state index contributed by atoms with van der Waals surface area (Å²) >= 11 is 0. The number of hydrogen-bond donors (Lipinski definition) is 2. The molecule has 196 valence electrons. The molecule has 9 nitrogen and oxygen atoms in total. The van der Waals surface area contributed by atoms with E-state index in [0.717, 1.165) is 25.7 Å². The zero-order valence-electron chi connectivity index (χ0n) is 21.5. The number of aliphatic hydroxyl groups is 2. The maximum atomic E-state index is 13.4. The number of ketones is 1. The van der Waals surface area contributed by atoms with Crippen LogP contribution in [-0.4, -0.2) is 62.9 Å². The lowest BCUT2D eigenvalue weighted by Gasteiger charge is -2.40. The number of fused-ring (bicyclic) bond motifs is 3. The SMILES string of the molecule is CCCCCCCC(=O)O[C@@H]1C(=O)C(C)=C2[C@H]1[C@@](C)(OC(C)=O)C[C@@H](C)[C@@]1(O)[C@H]2OC(=O)[C@@]1(C)O. The average molecular weight is 495 g/mol. The van der Waals surface area contributed by atoms with Gasteiger partial charge in [-0.1, -0.05) is 39.5 Å². The molecule has 0 aromatic heterocycles. The van der Waals surface area contributed by atoms with Crippen LogP contribution >= 0.6 is 0 Å². The molecule has 1 aliphatic heterocycles. The van der Waals surface area contributed by atoms with E-state index in [9.17, 15) is 29.4 Å². The summed E-state index contributed by atoms with van der Waals surface area (Å²) in [5.41, 5.74) is -5.33. The zero-order chi connectivity index (χ0) is 26.3. The highest BCUT2D eigenvalue weighted by Crippen LogP contribution is 2.57. The van der Waals surface area contributed by atoms with Crippen molar-refractivity contribution in [3.63, 3.8) is 0 Å². The molecule has 0 bridgehead atoms. The summed E-state index contributed by atoms with van der Waals surface area (Å²) in [5.74, 6) is -4.42. The Hall–Kier alpha value is -2.26. The average Bonchev–Trinajstić information content (AvgIpc) is 3.07. The molecule has 0 spiro atoms. The van der Waals surface area contributed by atoms with Crippen LogP contribution in [0.5, 0.6) is 0 Å². The number of esters is 3. The quantitative estimate of drug-likeness (QED) is 0.296. The molecule has 3 aliphatic rings. The number of unbranched alkanes of at least 4 members (excludes halogenated alkanes) is 4. The highest BCUT2D eigenvalue weighted by atomic mass is 16.6. The molecule has 2 N–H and O–H groups in total. The van der Waals surface area contributed by atoms with Gasteiger partial charge in [0.15, 0.2) is 23.6 Å². The van der Waals surface area contributed by atoms with Crippen molar-refractivity contribution < 1.29 is 43.6 Å². The van der Waals surface area contributed by atoms with Crippen molar-refractivity contribution in [1.29, 1.82) is 0 Å². The van der Waals surface area contributed by atoms with Crippen LogP contribution in [-0.2, 0) is 33.4 Å². The summed E-state index contributed by atoms with van der Waals surface area (Å²) < 4.78 is 16.9. The van der Waals surface area contributed by atoms with Crippen molar-refractivity contribution in [2.75, 3.05) is 0 Å². The minimum atomic E-state index is -2.26. The van der Waals surface area contributed by atoms with Crippen LogP contribution in [0.1, 0.15) is 86.5 Å². The highest BCUT2D eigenvalue weighted by molar-refractivity contribution is 6.04. The molecule has 0 unspecified atom stereocenters. The van der Waals surface area contributed by atoms with Gasteiger partial charge < -0.3 is 24.4 Å². The normalized spacial score (nSPS) is 38.5. The largest absolute Gasteiger partial charge is 0.459 e. The van der Waals surface area contributed by atoms with Gasteiger partial charge in [-0.05, 0) is 50.7 Å². The number of hydrogen-bond acceptors (Lipinski definition) is 9. The first kappa shape index (κ1) is 27.3. The molecule has 2 aliphatic carbocycles. The lowest BCUT2D eigenvalue weighted by atomic mass is 9.71. The van der Waals surface area contributed by atoms with Gasteiger partial charge >= 0.3 is 17.9 Å². The smallest absolute Gasteiger partial charge is 0.341 e. The lowest BCUT2D eigenvalue weighted by Crippen LogP contribution is -2.60. The van der Waals surface area contributed by atoms with Gasteiger partial charge in [-0.3, -0.25) is 14.4 Å². The van der Waals surface area contributed by atoms with E-state index in [1.165, 1.54) is 20.8 Å². The Morgan fingerprint density at radius 3 is 2.34 bits per heavy atom. The second-order valence-corrected chi connectivity index (χ2v) is 10.7. The van der Waals surface area contributed by atoms with Gasteiger partial charge in [0.25, 0.3) is 0 Å². The molecule has 0 aromatic rings. The summed E-state index contributed by atoms with van der Waals surface area (Å²) in [5, 5.41) is 22.7. The Balaban J connectivity index is 2.01. The number of rotatable bonds is 8. The highest BCUT2D eigenvalue weighted by Gasteiger charge is 2.73. The van der Waals surface area contributed by atoms with E-state index < -0.39 is 64.5 Å². The lowest BCUT2D eigenvalue weighted by molar-refractivity contribution is -0.182. The number of carbonyl (C=O) groups excluding carboxylic acids is 4. The molecule has 1 heterocycles. The molecule has 9 heteroatoms. The summed E-state index contributed by atoms with van der Waals surface area (Å²) in [6, 6.07) is 0. The third-order valence-electron chi connectivity index (χ3n) is 8.02. The van der Waals surface area contributed by atoms with Crippen LogP contribution in [0.2, 0.25) is 0 Å². The van der Waals surface area contributed by atoms with E-state index in [2.05, 4.69) is 6.92 Å². The molecule has 2 fully saturated rings. The molecule has 0 radical (unpaired) electrons. The fourth-order valence-electron chi connectivity index (χ4n) is 6.20. The molecule has 1 saturated heterocycles. The summed E-state index contributed by atoms with van der Waals surface area (Å²) in [6.07, 6.45) is 2.15. The van der Waals surface area contributed by atoms with E-state index in [0.29, 0.717) is 6.42 Å². The van der Waals surface area contributed by atoms with Crippen LogP contribution < -0.4 is 0 Å². The van der Waals surface area contributed by atoms with E-state index in [-0.39, 0.29) is 24.0 Å². The number of ether oxygens (including phenoxy) is 3. The maximum absolute atomic E-state index is 13.4. The Labute approximate surface area is 206 Å². The molecular formula is C26H38O9. The van der Waals surface area contributed by atoms with Gasteiger partial charge in [-0.15, -0.1) is 0 Å². The van der Waals surface area contributed by atoms with E-state index in [4.69, 9.17) is 14.2 Å². The van der Waals surface area contributed by atoms with E-state index in [1.54, 1.807) is 13.8 Å². The topological polar surface area (TPSA) is 136 Å². The van der Waals surface area contributed by atoms with Gasteiger partial charge in [0.05, 0.1) is 5.92 Å². The monoisotopic (exact) mass is 494 g/mol. The van der Waals surface area contributed by atoms with Crippen molar-refractivity contribution in [3.8, 4) is 0 Å². The Morgan fingerprint density at radius 1 is 1.11 bits per heavy atom.